The average Bonchev–Trinajstić information content (AvgIpc) is 2.32. The molecule has 0 unspecified atom stereocenters. The predicted molar refractivity (Wildman–Crippen MR) is 74.7 cm³/mol. The molecule has 2 rings (SSSR count). The zero-order chi connectivity index (χ0) is 13.1. The van der Waals surface area contributed by atoms with Crippen molar-refractivity contribution in [3.05, 3.63) is 23.8 Å². The van der Waals surface area contributed by atoms with Gasteiger partial charge in [0.25, 0.3) is 0 Å². The quantitative estimate of drug-likeness (QED) is 0.764. The van der Waals surface area contributed by atoms with Crippen LogP contribution in [0, 0.1) is 6.92 Å². The molecule has 0 atom stereocenters. The molecule has 0 bridgehead atoms. The number of hydrogen-bond donors (Lipinski definition) is 3. The van der Waals surface area contributed by atoms with Crippen molar-refractivity contribution in [1.82, 2.24) is 0 Å². The van der Waals surface area contributed by atoms with Crippen molar-refractivity contribution in [1.29, 1.82) is 0 Å². The minimum absolute atomic E-state index is 0.0425. The Morgan fingerprint density at radius 3 is 2.67 bits per heavy atom. The molecule has 4 heteroatoms. The second-order valence-electron chi connectivity index (χ2n) is 4.95. The van der Waals surface area contributed by atoms with E-state index in [1.165, 1.54) is 0 Å². The summed E-state index contributed by atoms with van der Waals surface area (Å²) >= 11 is 0. The summed E-state index contributed by atoms with van der Waals surface area (Å²) in [6.07, 6.45) is 2.53. The third-order valence-corrected chi connectivity index (χ3v) is 3.46. The summed E-state index contributed by atoms with van der Waals surface area (Å²) in [4.78, 5) is 11.4. The number of carbonyl (C=O) groups is 1. The topological polar surface area (TPSA) is 67.2 Å². The molecule has 1 aromatic rings. The smallest absolute Gasteiger partial charge is 0.224 e. The lowest BCUT2D eigenvalue weighted by molar-refractivity contribution is -0.115. The lowest BCUT2D eigenvalue weighted by Gasteiger charge is -2.34. The number of nitrogens with one attached hydrogen (secondary N) is 2. The molecular formula is C14H21N3O. The zero-order valence-electron chi connectivity index (χ0n) is 11.0. The van der Waals surface area contributed by atoms with Crippen LogP contribution in [0.2, 0.25) is 0 Å². The van der Waals surface area contributed by atoms with Crippen LogP contribution in [-0.4, -0.2) is 18.0 Å². The van der Waals surface area contributed by atoms with E-state index in [-0.39, 0.29) is 5.91 Å². The minimum Gasteiger partial charge on any atom is -0.382 e. The third kappa shape index (κ3) is 2.82. The molecule has 98 valence electrons. The summed E-state index contributed by atoms with van der Waals surface area (Å²) in [6.45, 7) is 3.87. The van der Waals surface area contributed by atoms with Gasteiger partial charge in [-0.15, -0.1) is 0 Å². The first-order valence-corrected chi connectivity index (χ1v) is 6.51. The Morgan fingerprint density at radius 1 is 1.39 bits per heavy atom. The zero-order valence-corrected chi connectivity index (χ0v) is 11.0. The molecule has 1 amide bonds. The molecule has 0 aliphatic heterocycles. The van der Waals surface area contributed by atoms with Gasteiger partial charge in [-0.05, 0) is 37.5 Å². The fourth-order valence-corrected chi connectivity index (χ4v) is 2.17. The molecule has 1 saturated carbocycles. The summed E-state index contributed by atoms with van der Waals surface area (Å²) < 4.78 is 0. The monoisotopic (exact) mass is 247 g/mol. The first kappa shape index (κ1) is 12.9. The molecule has 4 nitrogen and oxygen atoms in total. The van der Waals surface area contributed by atoms with Gasteiger partial charge >= 0.3 is 0 Å². The van der Waals surface area contributed by atoms with Crippen LogP contribution in [-0.2, 0) is 4.79 Å². The van der Waals surface area contributed by atoms with Crippen LogP contribution in [0.4, 0.5) is 11.4 Å². The van der Waals surface area contributed by atoms with Crippen molar-refractivity contribution in [3.8, 4) is 0 Å². The van der Waals surface area contributed by atoms with Gasteiger partial charge in [0.05, 0.1) is 0 Å². The Kier molecular flexibility index (Phi) is 3.87. The standard InChI is InChI=1S/C14H21N3O/c1-3-14(18)17-13-6-4-5-12(9(13)2)16-11-7-10(15)8-11/h4-6,10-11,16H,3,7-8,15H2,1-2H3,(H,17,18). The van der Waals surface area contributed by atoms with Crippen LogP contribution < -0.4 is 16.4 Å². The molecule has 0 heterocycles. The third-order valence-electron chi connectivity index (χ3n) is 3.46. The van der Waals surface area contributed by atoms with Crippen LogP contribution in [0.25, 0.3) is 0 Å². The Balaban J connectivity index is 2.06. The first-order chi connectivity index (χ1) is 8.60. The van der Waals surface area contributed by atoms with E-state index in [0.717, 1.165) is 29.8 Å². The van der Waals surface area contributed by atoms with Gasteiger partial charge in [0.15, 0.2) is 0 Å². The largest absolute Gasteiger partial charge is 0.382 e. The molecule has 1 aromatic carbocycles. The number of rotatable bonds is 4. The van der Waals surface area contributed by atoms with E-state index in [1.54, 1.807) is 0 Å². The number of anilines is 2. The average molecular weight is 247 g/mol. The molecule has 0 spiro atoms. The maximum Gasteiger partial charge on any atom is 0.224 e. The maximum absolute atomic E-state index is 11.4. The number of carbonyl (C=O) groups excluding carboxylic acids is 1. The van der Waals surface area contributed by atoms with E-state index in [0.29, 0.717) is 18.5 Å². The molecule has 0 saturated heterocycles. The molecule has 18 heavy (non-hydrogen) atoms. The fraction of sp³-hybridized carbons (Fsp3) is 0.500. The van der Waals surface area contributed by atoms with Crippen LogP contribution in [0.3, 0.4) is 0 Å². The Morgan fingerprint density at radius 2 is 2.06 bits per heavy atom. The number of hydrogen-bond acceptors (Lipinski definition) is 3. The fourth-order valence-electron chi connectivity index (χ4n) is 2.17. The summed E-state index contributed by atoms with van der Waals surface area (Å²) in [6, 6.07) is 6.74. The van der Waals surface area contributed by atoms with Gasteiger partial charge in [0.2, 0.25) is 5.91 Å². The second kappa shape index (κ2) is 5.40. The van der Waals surface area contributed by atoms with Gasteiger partial charge in [-0.3, -0.25) is 4.79 Å². The van der Waals surface area contributed by atoms with Gasteiger partial charge in [-0.1, -0.05) is 13.0 Å². The molecule has 0 radical (unpaired) electrons. The summed E-state index contributed by atoms with van der Waals surface area (Å²) in [5.74, 6) is 0.0425. The summed E-state index contributed by atoms with van der Waals surface area (Å²) in [5, 5.41) is 6.39. The number of benzene rings is 1. The van der Waals surface area contributed by atoms with Gasteiger partial charge in [0.1, 0.15) is 0 Å². The molecular weight excluding hydrogens is 226 g/mol. The molecule has 1 aliphatic rings. The van der Waals surface area contributed by atoms with Crippen molar-refractivity contribution in [3.63, 3.8) is 0 Å². The normalized spacial score (nSPS) is 22.2. The molecule has 1 aliphatic carbocycles. The Labute approximate surface area is 108 Å². The van der Waals surface area contributed by atoms with E-state index in [9.17, 15) is 4.79 Å². The maximum atomic E-state index is 11.4. The predicted octanol–water partition coefficient (Wildman–Crippen LogP) is 2.25. The van der Waals surface area contributed by atoms with Crippen molar-refractivity contribution >= 4 is 17.3 Å². The SMILES string of the molecule is CCC(=O)Nc1cccc(NC2CC(N)C2)c1C. The summed E-state index contributed by atoms with van der Waals surface area (Å²) in [7, 11) is 0. The van der Waals surface area contributed by atoms with E-state index < -0.39 is 0 Å². The highest BCUT2D eigenvalue weighted by Gasteiger charge is 2.25. The number of nitrogens with two attached hydrogens (primary N) is 1. The minimum atomic E-state index is 0.0425. The second-order valence-corrected chi connectivity index (χ2v) is 4.95. The van der Waals surface area contributed by atoms with Crippen LogP contribution in [0.15, 0.2) is 18.2 Å². The van der Waals surface area contributed by atoms with Gasteiger partial charge in [-0.2, -0.15) is 0 Å². The summed E-state index contributed by atoms with van der Waals surface area (Å²) in [5.41, 5.74) is 8.83. The highest BCUT2D eigenvalue weighted by atomic mass is 16.1. The van der Waals surface area contributed by atoms with Crippen molar-refractivity contribution in [2.24, 2.45) is 5.73 Å². The highest BCUT2D eigenvalue weighted by Crippen LogP contribution is 2.28. The lowest BCUT2D eigenvalue weighted by atomic mass is 9.87. The highest BCUT2D eigenvalue weighted by molar-refractivity contribution is 5.92. The molecule has 1 fully saturated rings. The van der Waals surface area contributed by atoms with E-state index >= 15 is 0 Å². The molecule has 0 aromatic heterocycles. The van der Waals surface area contributed by atoms with E-state index in [4.69, 9.17) is 5.73 Å². The number of amides is 1. The Bertz CT molecular complexity index is 439. The van der Waals surface area contributed by atoms with Gasteiger partial charge in [-0.25, -0.2) is 0 Å². The lowest BCUT2D eigenvalue weighted by Crippen LogP contribution is -2.44. The van der Waals surface area contributed by atoms with Crippen molar-refractivity contribution in [2.75, 3.05) is 10.6 Å². The van der Waals surface area contributed by atoms with Gasteiger partial charge < -0.3 is 16.4 Å². The van der Waals surface area contributed by atoms with Gasteiger partial charge in [0, 0.05) is 29.9 Å². The van der Waals surface area contributed by atoms with Crippen molar-refractivity contribution in [2.45, 2.75) is 45.2 Å². The Hall–Kier alpha value is -1.55. The van der Waals surface area contributed by atoms with E-state index in [2.05, 4.69) is 10.6 Å². The van der Waals surface area contributed by atoms with Crippen molar-refractivity contribution < 1.29 is 4.79 Å². The molecule has 4 N–H and O–H groups in total. The van der Waals surface area contributed by atoms with Crippen LogP contribution in [0.1, 0.15) is 31.7 Å². The van der Waals surface area contributed by atoms with E-state index in [1.807, 2.05) is 32.0 Å². The van der Waals surface area contributed by atoms with Crippen LogP contribution >= 0.6 is 0 Å². The van der Waals surface area contributed by atoms with Crippen LogP contribution in [0.5, 0.6) is 0 Å². The first-order valence-electron chi connectivity index (χ1n) is 6.51.